The van der Waals surface area contributed by atoms with Crippen molar-refractivity contribution in [1.29, 1.82) is 0 Å². The van der Waals surface area contributed by atoms with Gasteiger partial charge in [0, 0.05) is 12.0 Å². The van der Waals surface area contributed by atoms with E-state index in [-0.39, 0.29) is 17.6 Å². The predicted octanol–water partition coefficient (Wildman–Crippen LogP) is 2.15. The van der Waals surface area contributed by atoms with E-state index in [1.54, 1.807) is 4.90 Å². The first-order valence-electron chi connectivity index (χ1n) is 5.67. The van der Waals surface area contributed by atoms with E-state index >= 15 is 0 Å². The molecule has 1 amide bonds. The fourth-order valence-corrected chi connectivity index (χ4v) is 2.22. The lowest BCUT2D eigenvalue weighted by Gasteiger charge is -2.24. The molecular formula is C11H18N2O3. The van der Waals surface area contributed by atoms with Crippen LogP contribution in [0, 0.1) is 10.3 Å². The van der Waals surface area contributed by atoms with Crippen molar-refractivity contribution in [3.63, 3.8) is 0 Å². The first-order chi connectivity index (χ1) is 7.36. The van der Waals surface area contributed by atoms with Crippen molar-refractivity contribution in [2.75, 3.05) is 13.1 Å². The van der Waals surface area contributed by atoms with E-state index < -0.39 is 5.60 Å². The molecule has 2 fully saturated rings. The normalized spacial score (nSPS) is 26.9. The minimum absolute atomic E-state index is 0.0152. The maximum Gasteiger partial charge on any atom is 0.410 e. The number of likely N-dealkylation sites (tertiary alicyclic amines) is 1. The number of nitrogens with zero attached hydrogens (tertiary/aromatic N) is 2. The van der Waals surface area contributed by atoms with Crippen LogP contribution in [0.25, 0.3) is 0 Å². The molecule has 0 N–H and O–H groups in total. The number of ether oxygens (including phenoxy) is 1. The van der Waals surface area contributed by atoms with Crippen molar-refractivity contribution < 1.29 is 9.53 Å². The Labute approximate surface area is 95.1 Å². The standard InChI is InChI=1S/C11H18N2O3/c1-10(2,3)16-9(14)13-6-8(12-15)11(7-13)4-5-11/h8H,4-7H2,1-3H3. The number of hydrogen-bond donors (Lipinski definition) is 0. The molecule has 16 heavy (non-hydrogen) atoms. The molecule has 1 heterocycles. The van der Waals surface area contributed by atoms with Crippen LogP contribution in [-0.4, -0.2) is 35.7 Å². The van der Waals surface area contributed by atoms with Crippen LogP contribution < -0.4 is 0 Å². The molecule has 1 saturated carbocycles. The van der Waals surface area contributed by atoms with Gasteiger partial charge in [0.1, 0.15) is 11.6 Å². The third-order valence-electron chi connectivity index (χ3n) is 3.28. The number of amides is 1. The van der Waals surface area contributed by atoms with Crippen LogP contribution in [0.15, 0.2) is 5.18 Å². The van der Waals surface area contributed by atoms with Gasteiger partial charge < -0.3 is 9.64 Å². The van der Waals surface area contributed by atoms with Crippen molar-refractivity contribution in [3.8, 4) is 0 Å². The quantitative estimate of drug-likeness (QED) is 0.644. The van der Waals surface area contributed by atoms with Gasteiger partial charge in [0.05, 0.1) is 6.54 Å². The average molecular weight is 226 g/mol. The summed E-state index contributed by atoms with van der Waals surface area (Å²) in [6, 6.07) is -0.236. The Morgan fingerprint density at radius 1 is 1.44 bits per heavy atom. The second kappa shape index (κ2) is 3.43. The third-order valence-corrected chi connectivity index (χ3v) is 3.28. The predicted molar refractivity (Wildman–Crippen MR) is 59.1 cm³/mol. The lowest BCUT2D eigenvalue weighted by atomic mass is 10.0. The summed E-state index contributed by atoms with van der Waals surface area (Å²) in [5.74, 6) is 0. The van der Waals surface area contributed by atoms with Gasteiger partial charge in [-0.25, -0.2) is 4.79 Å². The summed E-state index contributed by atoms with van der Waals surface area (Å²) in [5.41, 5.74) is -0.501. The first-order valence-corrected chi connectivity index (χ1v) is 5.67. The van der Waals surface area contributed by atoms with Gasteiger partial charge in [0.15, 0.2) is 0 Å². The molecule has 1 aliphatic carbocycles. The molecular weight excluding hydrogens is 208 g/mol. The summed E-state index contributed by atoms with van der Waals surface area (Å²) >= 11 is 0. The summed E-state index contributed by atoms with van der Waals surface area (Å²) in [6.07, 6.45) is 1.68. The minimum Gasteiger partial charge on any atom is -0.444 e. The second-order valence-electron chi connectivity index (χ2n) is 5.84. The molecule has 0 radical (unpaired) electrons. The van der Waals surface area contributed by atoms with Crippen LogP contribution >= 0.6 is 0 Å². The summed E-state index contributed by atoms with van der Waals surface area (Å²) < 4.78 is 5.28. The molecule has 5 heteroatoms. The molecule has 1 spiro atoms. The molecule has 0 aromatic rings. The van der Waals surface area contributed by atoms with Gasteiger partial charge in [-0.2, -0.15) is 4.91 Å². The number of nitroso groups, excluding NO2 is 1. The Kier molecular flexibility index (Phi) is 2.44. The Bertz CT molecular complexity index is 318. The summed E-state index contributed by atoms with van der Waals surface area (Å²) in [7, 11) is 0. The van der Waals surface area contributed by atoms with Gasteiger partial charge >= 0.3 is 6.09 Å². The van der Waals surface area contributed by atoms with Crippen LogP contribution in [0.5, 0.6) is 0 Å². The lowest BCUT2D eigenvalue weighted by molar-refractivity contribution is 0.0284. The highest BCUT2D eigenvalue weighted by atomic mass is 16.6. The van der Waals surface area contributed by atoms with Crippen molar-refractivity contribution in [2.45, 2.75) is 45.3 Å². The molecule has 2 rings (SSSR count). The summed E-state index contributed by atoms with van der Waals surface area (Å²) in [5, 5.41) is 3.13. The molecule has 0 bridgehead atoms. The zero-order valence-electron chi connectivity index (χ0n) is 10.0. The van der Waals surface area contributed by atoms with E-state index in [9.17, 15) is 9.70 Å². The summed E-state index contributed by atoms with van der Waals surface area (Å²) in [4.78, 5) is 24.1. The Hall–Kier alpha value is -1.13. The molecule has 1 unspecified atom stereocenters. The van der Waals surface area contributed by atoms with Crippen molar-refractivity contribution in [2.24, 2.45) is 10.6 Å². The van der Waals surface area contributed by atoms with Gasteiger partial charge in [0.2, 0.25) is 0 Å². The molecule has 5 nitrogen and oxygen atoms in total. The Morgan fingerprint density at radius 2 is 2.06 bits per heavy atom. The van der Waals surface area contributed by atoms with Gasteiger partial charge in [0.25, 0.3) is 0 Å². The zero-order valence-corrected chi connectivity index (χ0v) is 10.0. The van der Waals surface area contributed by atoms with Gasteiger partial charge in [-0.15, -0.1) is 0 Å². The Balaban J connectivity index is 1.98. The van der Waals surface area contributed by atoms with Crippen molar-refractivity contribution in [3.05, 3.63) is 4.91 Å². The van der Waals surface area contributed by atoms with Gasteiger partial charge in [-0.05, 0) is 33.6 Å². The highest BCUT2D eigenvalue weighted by Crippen LogP contribution is 2.54. The Morgan fingerprint density at radius 3 is 2.44 bits per heavy atom. The van der Waals surface area contributed by atoms with Crippen LogP contribution in [0.3, 0.4) is 0 Å². The van der Waals surface area contributed by atoms with E-state index in [4.69, 9.17) is 4.74 Å². The topological polar surface area (TPSA) is 59.0 Å². The minimum atomic E-state index is -0.486. The van der Waals surface area contributed by atoms with E-state index in [1.165, 1.54) is 0 Å². The number of rotatable bonds is 1. The van der Waals surface area contributed by atoms with E-state index in [0.717, 1.165) is 12.8 Å². The first kappa shape index (κ1) is 11.4. The fourth-order valence-electron chi connectivity index (χ4n) is 2.22. The van der Waals surface area contributed by atoms with Crippen LogP contribution in [0.2, 0.25) is 0 Å². The van der Waals surface area contributed by atoms with Crippen LogP contribution in [0.1, 0.15) is 33.6 Å². The van der Waals surface area contributed by atoms with Crippen LogP contribution in [-0.2, 0) is 4.74 Å². The third kappa shape index (κ3) is 2.03. The largest absolute Gasteiger partial charge is 0.444 e. The molecule has 1 atom stereocenters. The number of carbonyl (C=O) groups excluding carboxylic acids is 1. The lowest BCUT2D eigenvalue weighted by Crippen LogP contribution is -2.35. The molecule has 0 aromatic heterocycles. The number of carbonyl (C=O) groups is 1. The monoisotopic (exact) mass is 226 g/mol. The van der Waals surface area contributed by atoms with Crippen LogP contribution in [0.4, 0.5) is 4.79 Å². The highest BCUT2D eigenvalue weighted by molar-refractivity contribution is 5.69. The molecule has 2 aliphatic rings. The molecule has 90 valence electrons. The molecule has 1 aliphatic heterocycles. The van der Waals surface area contributed by atoms with E-state index in [1.807, 2.05) is 20.8 Å². The van der Waals surface area contributed by atoms with E-state index in [0.29, 0.717) is 13.1 Å². The van der Waals surface area contributed by atoms with E-state index in [2.05, 4.69) is 5.18 Å². The maximum absolute atomic E-state index is 11.8. The zero-order chi connectivity index (χ0) is 12.0. The average Bonchev–Trinajstić information content (AvgIpc) is 2.77. The van der Waals surface area contributed by atoms with Crippen molar-refractivity contribution in [1.82, 2.24) is 4.90 Å². The highest BCUT2D eigenvalue weighted by Gasteiger charge is 2.57. The second-order valence-corrected chi connectivity index (χ2v) is 5.84. The van der Waals surface area contributed by atoms with Crippen molar-refractivity contribution >= 4 is 6.09 Å². The summed E-state index contributed by atoms with van der Waals surface area (Å²) in [6.45, 7) is 6.55. The fraction of sp³-hybridized carbons (Fsp3) is 0.909. The van der Waals surface area contributed by atoms with Gasteiger partial charge in [-0.1, -0.05) is 5.18 Å². The smallest absolute Gasteiger partial charge is 0.410 e. The maximum atomic E-state index is 11.8. The van der Waals surface area contributed by atoms with Gasteiger partial charge in [-0.3, -0.25) is 0 Å². The SMILES string of the molecule is CC(C)(C)OC(=O)N1CC(N=O)C2(CC2)C1. The molecule has 1 saturated heterocycles. The number of hydrogen-bond acceptors (Lipinski definition) is 4. The molecule has 0 aromatic carbocycles.